The van der Waals surface area contributed by atoms with Gasteiger partial charge in [-0.3, -0.25) is 4.79 Å². The summed E-state index contributed by atoms with van der Waals surface area (Å²) in [5.41, 5.74) is 0.450. The molecule has 1 aliphatic rings. The van der Waals surface area contributed by atoms with Crippen LogP contribution in [-0.4, -0.2) is 54.4 Å². The number of anilines is 1. The highest BCUT2D eigenvalue weighted by Crippen LogP contribution is 2.33. The molecule has 1 N–H and O–H groups in total. The van der Waals surface area contributed by atoms with Crippen molar-refractivity contribution >= 4 is 23.3 Å². The van der Waals surface area contributed by atoms with E-state index in [1.165, 1.54) is 35.4 Å². The molecule has 0 saturated carbocycles. The van der Waals surface area contributed by atoms with Crippen molar-refractivity contribution in [2.24, 2.45) is 5.10 Å². The summed E-state index contributed by atoms with van der Waals surface area (Å²) < 4.78 is 62.5. The van der Waals surface area contributed by atoms with Crippen LogP contribution in [-0.2, 0) is 15.7 Å². The fourth-order valence-electron chi connectivity index (χ4n) is 3.89. The number of rotatable bonds is 8. The number of amides is 3. The number of methoxy groups -OCH3 is 1. The number of hydrazone groups is 1. The van der Waals surface area contributed by atoms with Gasteiger partial charge in [-0.05, 0) is 54.1 Å². The van der Waals surface area contributed by atoms with E-state index in [9.17, 15) is 27.2 Å². The zero-order valence-electron chi connectivity index (χ0n) is 20.2. The fourth-order valence-corrected chi connectivity index (χ4v) is 3.89. The first-order valence-electron chi connectivity index (χ1n) is 11.6. The predicted molar refractivity (Wildman–Crippen MR) is 130 cm³/mol. The van der Waals surface area contributed by atoms with Crippen molar-refractivity contribution in [3.05, 3.63) is 89.6 Å². The van der Waals surface area contributed by atoms with E-state index in [1.807, 2.05) is 0 Å². The summed E-state index contributed by atoms with van der Waals surface area (Å²) in [6.45, 7) is -0.255. The topological polar surface area (TPSA) is 87.4 Å². The molecule has 0 aliphatic carbocycles. The maximum Gasteiger partial charge on any atom is 0.416 e. The van der Waals surface area contributed by atoms with E-state index in [-0.39, 0.29) is 18.8 Å². The van der Waals surface area contributed by atoms with Gasteiger partial charge in [-0.1, -0.05) is 12.1 Å². The van der Waals surface area contributed by atoms with Crippen LogP contribution in [0, 0.1) is 5.82 Å². The Balaban J connectivity index is 1.52. The van der Waals surface area contributed by atoms with Gasteiger partial charge in [-0.2, -0.15) is 18.3 Å². The number of hydrogen-bond acceptors (Lipinski definition) is 5. The van der Waals surface area contributed by atoms with E-state index in [0.717, 1.165) is 24.3 Å². The van der Waals surface area contributed by atoms with Crippen LogP contribution in [0.25, 0.3) is 0 Å². The summed E-state index contributed by atoms with van der Waals surface area (Å²) in [6, 6.07) is 11.8. The molecule has 0 unspecified atom stereocenters. The van der Waals surface area contributed by atoms with E-state index in [0.29, 0.717) is 23.5 Å². The van der Waals surface area contributed by atoms with Gasteiger partial charge in [0, 0.05) is 25.8 Å². The third-order valence-corrected chi connectivity index (χ3v) is 5.86. The quantitative estimate of drug-likeness (QED) is 0.399. The Kier molecular flexibility index (Phi) is 8.10. The molecule has 0 saturated heterocycles. The van der Waals surface area contributed by atoms with Gasteiger partial charge >= 0.3 is 12.2 Å². The number of halogens is 4. The number of alkyl halides is 3. The summed E-state index contributed by atoms with van der Waals surface area (Å²) in [5, 5.41) is 8.19. The van der Waals surface area contributed by atoms with Crippen molar-refractivity contribution < 1.29 is 36.3 Å². The highest BCUT2D eigenvalue weighted by atomic mass is 19.4. The van der Waals surface area contributed by atoms with Gasteiger partial charge in [0.2, 0.25) is 0 Å². The SMILES string of the molecule is COCCN(CC(=O)N1N=C(c2ccc(F)cc2)C[C@@H]1c1ccco1)C(=O)Nc1ccc(C(F)(F)F)cc1. The van der Waals surface area contributed by atoms with Crippen LogP contribution in [0.3, 0.4) is 0 Å². The number of furan rings is 1. The van der Waals surface area contributed by atoms with Crippen LogP contribution in [0.1, 0.15) is 29.3 Å². The number of hydrogen-bond donors (Lipinski definition) is 1. The maximum absolute atomic E-state index is 13.4. The molecule has 1 atom stereocenters. The minimum atomic E-state index is -4.51. The second-order valence-corrected chi connectivity index (χ2v) is 8.45. The van der Waals surface area contributed by atoms with Crippen LogP contribution < -0.4 is 5.32 Å². The van der Waals surface area contributed by atoms with Gasteiger partial charge in [0.25, 0.3) is 5.91 Å². The van der Waals surface area contributed by atoms with E-state index in [2.05, 4.69) is 10.4 Å². The summed E-state index contributed by atoms with van der Waals surface area (Å²) >= 11 is 0. The molecule has 0 bridgehead atoms. The minimum absolute atomic E-state index is 0.0303. The lowest BCUT2D eigenvalue weighted by molar-refractivity contribution is -0.137. The predicted octanol–water partition coefficient (Wildman–Crippen LogP) is 5.30. The smallest absolute Gasteiger partial charge is 0.416 e. The molecule has 2 heterocycles. The number of urea groups is 1. The normalized spacial score (nSPS) is 15.3. The van der Waals surface area contributed by atoms with Gasteiger partial charge < -0.3 is 19.4 Å². The molecule has 0 spiro atoms. The molecule has 8 nitrogen and oxygen atoms in total. The van der Waals surface area contributed by atoms with Gasteiger partial charge in [0.05, 0.1) is 24.1 Å². The Labute approximate surface area is 215 Å². The Morgan fingerprint density at radius 1 is 1.13 bits per heavy atom. The highest BCUT2D eigenvalue weighted by molar-refractivity contribution is 6.03. The summed E-state index contributed by atoms with van der Waals surface area (Å²) in [6.07, 6.45) is -2.73. The molecule has 3 aromatic rings. The zero-order chi connectivity index (χ0) is 27.3. The van der Waals surface area contributed by atoms with Gasteiger partial charge in [0.15, 0.2) is 0 Å². The number of nitrogens with one attached hydrogen (secondary N) is 1. The molecule has 12 heteroatoms. The minimum Gasteiger partial charge on any atom is -0.467 e. The van der Waals surface area contributed by atoms with Crippen LogP contribution >= 0.6 is 0 Å². The average Bonchev–Trinajstić information content (AvgIpc) is 3.57. The number of carbonyl (C=O) groups is 2. The summed E-state index contributed by atoms with van der Waals surface area (Å²) in [4.78, 5) is 27.5. The van der Waals surface area contributed by atoms with E-state index in [1.54, 1.807) is 24.3 Å². The van der Waals surface area contributed by atoms with E-state index in [4.69, 9.17) is 9.15 Å². The molecule has 200 valence electrons. The largest absolute Gasteiger partial charge is 0.467 e. The number of nitrogens with zero attached hydrogens (tertiary/aromatic N) is 3. The molecule has 38 heavy (non-hydrogen) atoms. The summed E-state index contributed by atoms with van der Waals surface area (Å²) in [5.74, 6) is -0.449. The van der Waals surface area contributed by atoms with Gasteiger partial charge in [0.1, 0.15) is 24.2 Å². The van der Waals surface area contributed by atoms with E-state index >= 15 is 0 Å². The van der Waals surface area contributed by atoms with Crippen molar-refractivity contribution in [2.75, 3.05) is 32.1 Å². The summed E-state index contributed by atoms with van der Waals surface area (Å²) in [7, 11) is 1.43. The second kappa shape index (κ2) is 11.5. The van der Waals surface area contributed by atoms with Gasteiger partial charge in [-0.25, -0.2) is 14.2 Å². The molecule has 1 aromatic heterocycles. The van der Waals surface area contributed by atoms with Crippen molar-refractivity contribution in [3.8, 4) is 0 Å². The Morgan fingerprint density at radius 2 is 1.84 bits per heavy atom. The molecule has 1 aliphatic heterocycles. The molecule has 4 rings (SSSR count). The first-order valence-corrected chi connectivity index (χ1v) is 11.6. The monoisotopic (exact) mass is 532 g/mol. The zero-order valence-corrected chi connectivity index (χ0v) is 20.2. The molecule has 0 fully saturated rings. The lowest BCUT2D eigenvalue weighted by Crippen LogP contribution is -2.44. The third kappa shape index (κ3) is 6.38. The average molecular weight is 532 g/mol. The van der Waals surface area contributed by atoms with Crippen LogP contribution in [0.5, 0.6) is 0 Å². The molecular weight excluding hydrogens is 508 g/mol. The van der Waals surface area contributed by atoms with Crippen LogP contribution in [0.4, 0.5) is 28.0 Å². The third-order valence-electron chi connectivity index (χ3n) is 5.86. The van der Waals surface area contributed by atoms with Crippen molar-refractivity contribution in [3.63, 3.8) is 0 Å². The van der Waals surface area contributed by atoms with Crippen molar-refractivity contribution in [1.29, 1.82) is 0 Å². The van der Waals surface area contributed by atoms with E-state index < -0.39 is 42.1 Å². The maximum atomic E-state index is 13.4. The van der Waals surface area contributed by atoms with Crippen molar-refractivity contribution in [2.45, 2.75) is 18.6 Å². The first kappa shape index (κ1) is 26.9. The Hall–Kier alpha value is -4.19. The fraction of sp³-hybridized carbons (Fsp3) is 0.269. The highest BCUT2D eigenvalue weighted by Gasteiger charge is 2.36. The first-order chi connectivity index (χ1) is 18.2. The standard InChI is InChI=1S/C26H24F4N4O4/c1-37-14-12-33(25(36)31-20-10-6-18(7-11-20)26(28,29)30)16-24(35)34-22(23-3-2-13-38-23)15-21(32-34)17-4-8-19(27)9-5-17/h2-11,13,22H,12,14-16H2,1H3,(H,31,36)/t22-/m1/s1. The molecule has 0 radical (unpaired) electrons. The van der Waals surface area contributed by atoms with Crippen LogP contribution in [0.15, 0.2) is 76.4 Å². The second-order valence-electron chi connectivity index (χ2n) is 8.45. The number of carbonyl (C=O) groups excluding carboxylic acids is 2. The van der Waals surface area contributed by atoms with Crippen molar-refractivity contribution in [1.82, 2.24) is 9.91 Å². The number of benzene rings is 2. The van der Waals surface area contributed by atoms with Crippen LogP contribution in [0.2, 0.25) is 0 Å². The molecular formula is C26H24F4N4O4. The molecule has 2 aromatic carbocycles. The van der Waals surface area contributed by atoms with Gasteiger partial charge in [-0.15, -0.1) is 0 Å². The number of ether oxygens (including phenoxy) is 1. The molecule has 3 amide bonds. The Bertz CT molecular complexity index is 1280. The lowest BCUT2D eigenvalue weighted by atomic mass is 10.0. The Morgan fingerprint density at radius 3 is 2.45 bits per heavy atom. The lowest BCUT2D eigenvalue weighted by Gasteiger charge is -2.26.